The molecule has 0 radical (unpaired) electrons. The molecule has 6 heteroatoms. The van der Waals surface area contributed by atoms with Crippen molar-refractivity contribution in [3.05, 3.63) is 35.2 Å². The highest BCUT2D eigenvalue weighted by atomic mass is 32.1. The van der Waals surface area contributed by atoms with Crippen molar-refractivity contribution in [1.29, 1.82) is 0 Å². The van der Waals surface area contributed by atoms with Crippen molar-refractivity contribution in [3.8, 4) is 11.5 Å². The van der Waals surface area contributed by atoms with Gasteiger partial charge in [0.05, 0.1) is 25.0 Å². The van der Waals surface area contributed by atoms with Crippen LogP contribution in [0.25, 0.3) is 10.1 Å². The van der Waals surface area contributed by atoms with Gasteiger partial charge in [-0.2, -0.15) is 0 Å². The Balaban J connectivity index is 2.27. The molecule has 128 valence electrons. The summed E-state index contributed by atoms with van der Waals surface area (Å²) in [5, 5.41) is 10.1. The third-order valence-electron chi connectivity index (χ3n) is 3.73. The van der Waals surface area contributed by atoms with E-state index >= 15 is 0 Å². The van der Waals surface area contributed by atoms with Gasteiger partial charge in [0.15, 0.2) is 17.3 Å². The molecule has 1 aromatic heterocycles. The highest BCUT2D eigenvalue weighted by molar-refractivity contribution is 7.20. The number of Topliss-reactive ketones (excluding diaryl/α,β-unsaturated/α-hetero) is 1. The minimum atomic E-state index is -0.953. The number of carboxylic acid groups (broad SMARTS) is 1. The first-order valence-corrected chi connectivity index (χ1v) is 8.34. The average Bonchev–Trinajstić information content (AvgIpc) is 2.99. The Kier molecular flexibility index (Phi) is 5.98. The molecule has 0 bridgehead atoms. The number of ether oxygens (including phenoxy) is 2. The molecule has 0 aliphatic rings. The zero-order chi connectivity index (χ0) is 17.7. The van der Waals surface area contributed by atoms with E-state index in [4.69, 9.17) is 9.47 Å². The first-order chi connectivity index (χ1) is 11.5. The Morgan fingerprint density at radius 3 is 2.46 bits per heavy atom. The number of methoxy groups -OCH3 is 2. The van der Waals surface area contributed by atoms with Crippen LogP contribution >= 0.6 is 11.3 Å². The molecule has 0 aliphatic heterocycles. The molecule has 0 fully saturated rings. The maximum atomic E-state index is 12.5. The standard InChI is InChI=1S/C18H20O5S/c1-4-5-6-11(18(20)21)7-13(19)17-9-12-8-14(22-2)15(23-3)10-16(12)24-17/h4-5,8-11H,6-7H2,1-3H3,(H,20,21). The molecular weight excluding hydrogens is 328 g/mol. The van der Waals surface area contributed by atoms with Crippen LogP contribution in [-0.2, 0) is 4.79 Å². The van der Waals surface area contributed by atoms with Gasteiger partial charge in [-0.3, -0.25) is 9.59 Å². The molecule has 0 saturated carbocycles. The van der Waals surface area contributed by atoms with Crippen molar-refractivity contribution in [2.45, 2.75) is 19.8 Å². The van der Waals surface area contributed by atoms with Crippen molar-refractivity contribution in [3.63, 3.8) is 0 Å². The monoisotopic (exact) mass is 348 g/mol. The second kappa shape index (κ2) is 7.97. The fraction of sp³-hybridized carbons (Fsp3) is 0.333. The number of allylic oxidation sites excluding steroid dienone is 2. The number of fused-ring (bicyclic) bond motifs is 1. The van der Waals surface area contributed by atoms with Crippen molar-refractivity contribution < 1.29 is 24.2 Å². The lowest BCUT2D eigenvalue weighted by Crippen LogP contribution is -2.17. The summed E-state index contributed by atoms with van der Waals surface area (Å²) < 4.78 is 11.4. The van der Waals surface area contributed by atoms with E-state index in [0.717, 1.165) is 10.1 Å². The van der Waals surface area contributed by atoms with E-state index in [2.05, 4.69) is 0 Å². The van der Waals surface area contributed by atoms with E-state index in [1.165, 1.54) is 11.3 Å². The van der Waals surface area contributed by atoms with Crippen LogP contribution in [0, 0.1) is 5.92 Å². The third-order valence-corrected chi connectivity index (χ3v) is 4.87. The van der Waals surface area contributed by atoms with Crippen molar-refractivity contribution in [2.75, 3.05) is 14.2 Å². The molecule has 0 aliphatic carbocycles. The fourth-order valence-electron chi connectivity index (χ4n) is 2.40. The van der Waals surface area contributed by atoms with Gasteiger partial charge in [0.2, 0.25) is 0 Å². The molecule has 0 amide bonds. The van der Waals surface area contributed by atoms with Crippen LogP contribution in [0.2, 0.25) is 0 Å². The fourth-order valence-corrected chi connectivity index (χ4v) is 3.42. The number of carbonyl (C=O) groups is 2. The summed E-state index contributed by atoms with van der Waals surface area (Å²) in [6.45, 7) is 1.83. The zero-order valence-corrected chi connectivity index (χ0v) is 14.7. The van der Waals surface area contributed by atoms with Gasteiger partial charge in [-0.25, -0.2) is 0 Å². The molecule has 1 aromatic carbocycles. The Morgan fingerprint density at radius 2 is 1.88 bits per heavy atom. The highest BCUT2D eigenvalue weighted by Crippen LogP contribution is 2.37. The van der Waals surface area contributed by atoms with Crippen LogP contribution < -0.4 is 9.47 Å². The lowest BCUT2D eigenvalue weighted by Gasteiger charge is -2.07. The minimum Gasteiger partial charge on any atom is -0.493 e. The smallest absolute Gasteiger partial charge is 0.307 e. The number of rotatable bonds is 8. The van der Waals surface area contributed by atoms with Crippen LogP contribution in [0.3, 0.4) is 0 Å². The summed E-state index contributed by atoms with van der Waals surface area (Å²) in [6.07, 6.45) is 3.90. The van der Waals surface area contributed by atoms with Crippen molar-refractivity contribution in [1.82, 2.24) is 0 Å². The molecular formula is C18H20O5S. The number of benzene rings is 1. The summed E-state index contributed by atoms with van der Waals surface area (Å²) in [6, 6.07) is 5.42. The van der Waals surface area contributed by atoms with Gasteiger partial charge in [0.1, 0.15) is 0 Å². The lowest BCUT2D eigenvalue weighted by molar-refractivity contribution is -0.141. The number of hydrogen-bond acceptors (Lipinski definition) is 5. The molecule has 1 heterocycles. The maximum absolute atomic E-state index is 12.5. The molecule has 1 atom stereocenters. The highest BCUT2D eigenvalue weighted by Gasteiger charge is 2.22. The molecule has 1 N–H and O–H groups in total. The van der Waals surface area contributed by atoms with Gasteiger partial charge in [-0.1, -0.05) is 12.2 Å². The zero-order valence-electron chi connectivity index (χ0n) is 13.9. The molecule has 5 nitrogen and oxygen atoms in total. The Bertz CT molecular complexity index is 734. The number of carbonyl (C=O) groups excluding carboxylic acids is 1. The minimum absolute atomic E-state index is 0.0131. The number of aliphatic carboxylic acids is 1. The van der Waals surface area contributed by atoms with Crippen LogP contribution in [0.15, 0.2) is 30.4 Å². The van der Waals surface area contributed by atoms with Crippen LogP contribution in [0.1, 0.15) is 29.4 Å². The van der Waals surface area contributed by atoms with Crippen LogP contribution in [0.5, 0.6) is 11.5 Å². The van der Waals surface area contributed by atoms with E-state index in [-0.39, 0.29) is 12.2 Å². The number of ketones is 1. The molecule has 24 heavy (non-hydrogen) atoms. The topological polar surface area (TPSA) is 72.8 Å². The van der Waals surface area contributed by atoms with Crippen LogP contribution in [-0.4, -0.2) is 31.1 Å². The lowest BCUT2D eigenvalue weighted by atomic mass is 9.98. The first kappa shape index (κ1) is 18.0. The van der Waals surface area contributed by atoms with E-state index in [1.54, 1.807) is 32.4 Å². The summed E-state index contributed by atoms with van der Waals surface area (Å²) in [4.78, 5) is 24.3. The maximum Gasteiger partial charge on any atom is 0.307 e. The van der Waals surface area contributed by atoms with E-state index < -0.39 is 11.9 Å². The predicted octanol–water partition coefficient (Wildman–Crippen LogP) is 4.16. The first-order valence-electron chi connectivity index (χ1n) is 7.52. The largest absolute Gasteiger partial charge is 0.493 e. The number of hydrogen-bond donors (Lipinski definition) is 1. The Labute approximate surface area is 144 Å². The van der Waals surface area contributed by atoms with Gasteiger partial charge < -0.3 is 14.6 Å². The normalized spacial score (nSPS) is 12.5. The van der Waals surface area contributed by atoms with Gasteiger partial charge in [0.25, 0.3) is 0 Å². The number of thiophene rings is 1. The summed E-state index contributed by atoms with van der Waals surface area (Å²) in [5.41, 5.74) is 0. The van der Waals surface area contributed by atoms with Gasteiger partial charge >= 0.3 is 5.97 Å². The average molecular weight is 348 g/mol. The van der Waals surface area contributed by atoms with E-state index in [1.807, 2.05) is 19.1 Å². The second-order valence-electron chi connectivity index (χ2n) is 5.32. The van der Waals surface area contributed by atoms with E-state index in [9.17, 15) is 14.7 Å². The molecule has 2 rings (SSSR count). The van der Waals surface area contributed by atoms with Crippen molar-refractivity contribution in [2.24, 2.45) is 5.92 Å². The second-order valence-corrected chi connectivity index (χ2v) is 6.41. The van der Waals surface area contributed by atoms with Crippen molar-refractivity contribution >= 4 is 33.2 Å². The summed E-state index contributed by atoms with van der Waals surface area (Å²) >= 11 is 1.34. The third kappa shape index (κ3) is 3.94. The van der Waals surface area contributed by atoms with Gasteiger partial charge in [-0.15, -0.1) is 11.3 Å². The summed E-state index contributed by atoms with van der Waals surface area (Å²) in [5.74, 6) is -0.624. The Morgan fingerprint density at radius 1 is 1.21 bits per heavy atom. The van der Waals surface area contributed by atoms with Crippen LogP contribution in [0.4, 0.5) is 0 Å². The quantitative estimate of drug-likeness (QED) is 0.573. The molecule has 2 aromatic rings. The summed E-state index contributed by atoms with van der Waals surface area (Å²) in [7, 11) is 3.11. The SMILES string of the molecule is CC=CCC(CC(=O)c1cc2cc(OC)c(OC)cc2s1)C(=O)O. The Hall–Kier alpha value is -2.34. The van der Waals surface area contributed by atoms with E-state index in [0.29, 0.717) is 22.8 Å². The van der Waals surface area contributed by atoms with Gasteiger partial charge in [0, 0.05) is 17.2 Å². The molecule has 1 unspecified atom stereocenters. The number of carboxylic acids is 1. The molecule has 0 saturated heterocycles. The molecule has 0 spiro atoms. The predicted molar refractivity (Wildman–Crippen MR) is 94.4 cm³/mol. The van der Waals surface area contributed by atoms with Gasteiger partial charge in [-0.05, 0) is 30.9 Å².